The van der Waals surface area contributed by atoms with Gasteiger partial charge in [-0.1, -0.05) is 12.1 Å². The molecule has 6 nitrogen and oxygen atoms in total. The van der Waals surface area contributed by atoms with Crippen LogP contribution in [0.3, 0.4) is 0 Å². The van der Waals surface area contributed by atoms with Crippen LogP contribution in [0.5, 0.6) is 11.5 Å². The van der Waals surface area contributed by atoms with E-state index in [4.69, 9.17) is 9.47 Å². The van der Waals surface area contributed by atoms with E-state index >= 15 is 0 Å². The van der Waals surface area contributed by atoms with Crippen molar-refractivity contribution in [1.82, 2.24) is 10.6 Å². The van der Waals surface area contributed by atoms with Crippen molar-refractivity contribution < 1.29 is 19.1 Å². The van der Waals surface area contributed by atoms with Gasteiger partial charge in [-0.3, -0.25) is 9.59 Å². The number of hydrogen-bond donors (Lipinski definition) is 2. The third-order valence-corrected chi connectivity index (χ3v) is 4.57. The van der Waals surface area contributed by atoms with Gasteiger partial charge in [-0.15, -0.1) is 11.3 Å². The molecule has 26 heavy (non-hydrogen) atoms. The van der Waals surface area contributed by atoms with Crippen LogP contribution in [0.2, 0.25) is 0 Å². The van der Waals surface area contributed by atoms with E-state index in [2.05, 4.69) is 10.6 Å². The molecule has 1 aromatic heterocycles. The summed E-state index contributed by atoms with van der Waals surface area (Å²) in [4.78, 5) is 24.7. The lowest BCUT2D eigenvalue weighted by Crippen LogP contribution is -2.28. The Bertz CT molecular complexity index is 716. The maximum atomic E-state index is 12.0. The number of amides is 2. The molecular weight excluding hydrogens is 352 g/mol. The molecule has 0 aliphatic rings. The summed E-state index contributed by atoms with van der Waals surface area (Å²) in [5.41, 5.74) is 0.900. The zero-order valence-electron chi connectivity index (χ0n) is 15.0. The number of carbonyl (C=O) groups is 2. The lowest BCUT2D eigenvalue weighted by molar-refractivity contribution is -0.123. The zero-order valence-corrected chi connectivity index (χ0v) is 15.9. The van der Waals surface area contributed by atoms with Gasteiger partial charge in [-0.25, -0.2) is 0 Å². The van der Waals surface area contributed by atoms with Crippen LogP contribution in [0.15, 0.2) is 35.7 Å². The summed E-state index contributed by atoms with van der Waals surface area (Å²) in [5, 5.41) is 7.58. The lowest BCUT2D eigenvalue weighted by Gasteiger charge is -2.12. The van der Waals surface area contributed by atoms with E-state index in [0.717, 1.165) is 12.0 Å². The first-order valence-electron chi connectivity index (χ1n) is 8.48. The Hall–Kier alpha value is -2.54. The molecule has 1 heterocycles. The van der Waals surface area contributed by atoms with Crippen molar-refractivity contribution >= 4 is 23.2 Å². The summed E-state index contributed by atoms with van der Waals surface area (Å²) in [7, 11) is 1.54. The smallest absolute Gasteiger partial charge is 0.257 e. The number of ether oxygens (including phenoxy) is 2. The molecule has 2 amide bonds. The highest BCUT2D eigenvalue weighted by molar-refractivity contribution is 7.09. The van der Waals surface area contributed by atoms with E-state index in [1.54, 1.807) is 23.5 Å². The topological polar surface area (TPSA) is 76.7 Å². The Balaban J connectivity index is 1.83. The summed E-state index contributed by atoms with van der Waals surface area (Å²) in [5.74, 6) is 0.844. The molecule has 2 N–H and O–H groups in total. The first kappa shape index (κ1) is 19.8. The molecule has 0 aliphatic carbocycles. The van der Waals surface area contributed by atoms with Crippen molar-refractivity contribution in [2.45, 2.75) is 26.3 Å². The average Bonchev–Trinajstić information content (AvgIpc) is 3.17. The highest BCUT2D eigenvalue weighted by Crippen LogP contribution is 2.28. The van der Waals surface area contributed by atoms with Crippen molar-refractivity contribution in [3.63, 3.8) is 0 Å². The number of thiophene rings is 1. The summed E-state index contributed by atoms with van der Waals surface area (Å²) >= 11 is 1.66. The van der Waals surface area contributed by atoms with Gasteiger partial charge < -0.3 is 20.1 Å². The molecule has 0 bridgehead atoms. The first-order valence-corrected chi connectivity index (χ1v) is 9.35. The second-order valence-electron chi connectivity index (χ2n) is 5.58. The highest BCUT2D eigenvalue weighted by Gasteiger charge is 2.09. The van der Waals surface area contributed by atoms with Crippen LogP contribution in [0.4, 0.5) is 0 Å². The minimum Gasteiger partial charge on any atom is -0.493 e. The molecule has 0 radical (unpaired) electrons. The number of rotatable bonds is 10. The Labute approximate surface area is 157 Å². The maximum absolute atomic E-state index is 12.0. The van der Waals surface area contributed by atoms with Gasteiger partial charge in [0.2, 0.25) is 5.91 Å². The molecule has 0 spiro atoms. The SMILES string of the molecule is CCNC(=O)COc1ccc(CNC(=O)CCc2cccs2)cc1OC. The normalized spacial score (nSPS) is 10.2. The van der Waals surface area contributed by atoms with E-state index in [-0.39, 0.29) is 18.4 Å². The van der Waals surface area contributed by atoms with Crippen LogP contribution < -0.4 is 20.1 Å². The molecule has 7 heteroatoms. The third kappa shape index (κ3) is 6.40. The maximum Gasteiger partial charge on any atom is 0.257 e. The van der Waals surface area contributed by atoms with E-state index in [9.17, 15) is 9.59 Å². The van der Waals surface area contributed by atoms with Gasteiger partial charge in [-0.2, -0.15) is 0 Å². The van der Waals surface area contributed by atoms with Crippen molar-refractivity contribution in [3.05, 3.63) is 46.2 Å². The second kappa shape index (κ2) is 10.5. The Morgan fingerprint density at radius 2 is 1.96 bits per heavy atom. The van der Waals surface area contributed by atoms with Crippen LogP contribution in [-0.4, -0.2) is 32.1 Å². The monoisotopic (exact) mass is 376 g/mol. The van der Waals surface area contributed by atoms with Crippen LogP contribution in [0.25, 0.3) is 0 Å². The molecule has 2 rings (SSSR count). The molecule has 0 aliphatic heterocycles. The van der Waals surface area contributed by atoms with Crippen molar-refractivity contribution in [2.75, 3.05) is 20.3 Å². The third-order valence-electron chi connectivity index (χ3n) is 3.63. The molecule has 0 fully saturated rings. The number of benzene rings is 1. The van der Waals surface area contributed by atoms with Gasteiger partial charge >= 0.3 is 0 Å². The summed E-state index contributed by atoms with van der Waals surface area (Å²) in [6.45, 7) is 2.76. The largest absolute Gasteiger partial charge is 0.493 e. The minimum atomic E-state index is -0.184. The standard InChI is InChI=1S/C19H24N2O4S/c1-3-20-19(23)13-25-16-8-6-14(11-17(16)24-2)12-21-18(22)9-7-15-5-4-10-26-15/h4-6,8,10-11H,3,7,9,12-13H2,1-2H3,(H,20,23)(H,21,22). The molecule has 0 unspecified atom stereocenters. The molecular formula is C19H24N2O4S. The van der Waals surface area contributed by atoms with Gasteiger partial charge in [0.05, 0.1) is 7.11 Å². The molecule has 2 aromatic rings. The molecule has 140 valence electrons. The van der Waals surface area contributed by atoms with Gasteiger partial charge in [-0.05, 0) is 42.5 Å². The summed E-state index contributed by atoms with van der Waals surface area (Å²) in [6.07, 6.45) is 1.21. The van der Waals surface area contributed by atoms with E-state index in [1.807, 2.05) is 30.5 Å². The zero-order chi connectivity index (χ0) is 18.8. The van der Waals surface area contributed by atoms with Gasteiger partial charge in [0, 0.05) is 24.4 Å². The fourth-order valence-electron chi connectivity index (χ4n) is 2.31. The summed E-state index contributed by atoms with van der Waals surface area (Å²) < 4.78 is 10.8. The number of carbonyl (C=O) groups excluding carboxylic acids is 2. The molecule has 0 atom stereocenters. The predicted octanol–water partition coefficient (Wildman–Crippen LogP) is 2.52. The van der Waals surface area contributed by atoms with E-state index < -0.39 is 0 Å². The Morgan fingerprint density at radius 3 is 2.65 bits per heavy atom. The minimum absolute atomic E-state index is 0.00827. The van der Waals surface area contributed by atoms with Crippen molar-refractivity contribution in [2.24, 2.45) is 0 Å². The quantitative estimate of drug-likeness (QED) is 0.668. The lowest BCUT2D eigenvalue weighted by atomic mass is 10.2. The van der Waals surface area contributed by atoms with Crippen LogP contribution >= 0.6 is 11.3 Å². The van der Waals surface area contributed by atoms with Crippen LogP contribution in [0, 0.1) is 0 Å². The van der Waals surface area contributed by atoms with E-state index in [0.29, 0.717) is 31.0 Å². The number of aryl methyl sites for hydroxylation is 1. The van der Waals surface area contributed by atoms with Gasteiger partial charge in [0.1, 0.15) is 0 Å². The van der Waals surface area contributed by atoms with Gasteiger partial charge in [0.25, 0.3) is 5.91 Å². The fourth-order valence-corrected chi connectivity index (χ4v) is 3.02. The van der Waals surface area contributed by atoms with E-state index in [1.165, 1.54) is 12.0 Å². The van der Waals surface area contributed by atoms with Crippen LogP contribution in [-0.2, 0) is 22.6 Å². The number of likely N-dealkylation sites (N-methyl/N-ethyl adjacent to an activating group) is 1. The highest BCUT2D eigenvalue weighted by atomic mass is 32.1. The van der Waals surface area contributed by atoms with Crippen molar-refractivity contribution in [3.8, 4) is 11.5 Å². The average molecular weight is 376 g/mol. The molecule has 0 saturated heterocycles. The second-order valence-corrected chi connectivity index (χ2v) is 6.62. The summed E-state index contributed by atoms with van der Waals surface area (Å²) in [6, 6.07) is 9.40. The van der Waals surface area contributed by atoms with Crippen molar-refractivity contribution in [1.29, 1.82) is 0 Å². The number of hydrogen-bond acceptors (Lipinski definition) is 5. The fraction of sp³-hybridized carbons (Fsp3) is 0.368. The van der Waals surface area contributed by atoms with Gasteiger partial charge in [0.15, 0.2) is 18.1 Å². The number of nitrogens with one attached hydrogen (secondary N) is 2. The molecule has 0 saturated carbocycles. The number of methoxy groups -OCH3 is 1. The molecule has 1 aromatic carbocycles. The first-order chi connectivity index (χ1) is 12.6. The Morgan fingerprint density at radius 1 is 1.12 bits per heavy atom. The predicted molar refractivity (Wildman–Crippen MR) is 102 cm³/mol. The van der Waals surface area contributed by atoms with Crippen LogP contribution in [0.1, 0.15) is 23.8 Å². The Kier molecular flexibility index (Phi) is 7.95.